The SMILES string of the molecule is CCOc1cccc(NC(=O)CC)c1COc1ccc(CC)cc1F. The van der Waals surface area contributed by atoms with Crippen LogP contribution in [0.15, 0.2) is 36.4 Å². The van der Waals surface area contributed by atoms with E-state index in [1.807, 2.05) is 19.9 Å². The van der Waals surface area contributed by atoms with Crippen LogP contribution in [0, 0.1) is 5.82 Å². The van der Waals surface area contributed by atoms with Crippen LogP contribution in [0.5, 0.6) is 11.5 Å². The van der Waals surface area contributed by atoms with Crippen LogP contribution in [0.4, 0.5) is 10.1 Å². The highest BCUT2D eigenvalue weighted by Gasteiger charge is 2.14. The Labute approximate surface area is 148 Å². The zero-order chi connectivity index (χ0) is 18.2. The molecule has 5 heteroatoms. The van der Waals surface area contributed by atoms with Crippen LogP contribution in [0.3, 0.4) is 0 Å². The molecular formula is C20H24FNO3. The van der Waals surface area contributed by atoms with Gasteiger partial charge in [0.25, 0.3) is 0 Å². The Morgan fingerprint density at radius 2 is 1.88 bits per heavy atom. The first-order chi connectivity index (χ1) is 12.1. The molecule has 0 fully saturated rings. The van der Waals surface area contributed by atoms with Crippen LogP contribution in [0.1, 0.15) is 38.3 Å². The van der Waals surface area contributed by atoms with Gasteiger partial charge in [0.1, 0.15) is 12.4 Å². The van der Waals surface area contributed by atoms with Crippen LogP contribution in [0.2, 0.25) is 0 Å². The summed E-state index contributed by atoms with van der Waals surface area (Å²) in [4.78, 5) is 11.7. The molecule has 0 saturated heterocycles. The molecule has 25 heavy (non-hydrogen) atoms. The van der Waals surface area contributed by atoms with Gasteiger partial charge in [-0.2, -0.15) is 0 Å². The van der Waals surface area contributed by atoms with E-state index in [0.717, 1.165) is 12.0 Å². The van der Waals surface area contributed by atoms with E-state index in [1.165, 1.54) is 6.07 Å². The van der Waals surface area contributed by atoms with E-state index < -0.39 is 5.82 Å². The second-order valence-electron chi connectivity index (χ2n) is 5.52. The predicted molar refractivity (Wildman–Crippen MR) is 96.6 cm³/mol. The molecule has 0 heterocycles. The summed E-state index contributed by atoms with van der Waals surface area (Å²) in [5, 5.41) is 2.84. The first-order valence-corrected chi connectivity index (χ1v) is 8.54. The largest absolute Gasteiger partial charge is 0.493 e. The van der Waals surface area contributed by atoms with Crippen LogP contribution < -0.4 is 14.8 Å². The first kappa shape index (κ1) is 18.8. The molecule has 0 unspecified atom stereocenters. The van der Waals surface area contributed by atoms with E-state index in [4.69, 9.17) is 9.47 Å². The summed E-state index contributed by atoms with van der Waals surface area (Å²) < 4.78 is 25.4. The zero-order valence-electron chi connectivity index (χ0n) is 14.9. The maximum atomic E-state index is 14.1. The number of amides is 1. The number of anilines is 1. The van der Waals surface area contributed by atoms with Gasteiger partial charge in [-0.05, 0) is 43.2 Å². The van der Waals surface area contributed by atoms with Gasteiger partial charge in [0, 0.05) is 6.42 Å². The standard InChI is InChI=1S/C20H24FNO3/c1-4-14-10-11-19(16(21)12-14)25-13-15-17(22-20(23)5-2)8-7-9-18(15)24-6-3/h7-12H,4-6,13H2,1-3H3,(H,22,23). The molecule has 1 N–H and O–H groups in total. The van der Waals surface area contributed by atoms with Crippen molar-refractivity contribution in [3.05, 3.63) is 53.3 Å². The maximum absolute atomic E-state index is 14.1. The summed E-state index contributed by atoms with van der Waals surface area (Å²) in [5.41, 5.74) is 2.21. The lowest BCUT2D eigenvalue weighted by Crippen LogP contribution is -2.13. The molecular weight excluding hydrogens is 321 g/mol. The zero-order valence-corrected chi connectivity index (χ0v) is 14.9. The average molecular weight is 345 g/mol. The molecule has 2 rings (SSSR count). The number of benzene rings is 2. The van der Waals surface area contributed by atoms with E-state index in [9.17, 15) is 9.18 Å². The summed E-state index contributed by atoms with van der Waals surface area (Å²) in [5.74, 6) is 0.291. The van der Waals surface area contributed by atoms with Crippen molar-refractivity contribution in [1.82, 2.24) is 0 Å². The number of hydrogen-bond acceptors (Lipinski definition) is 3. The summed E-state index contributed by atoms with van der Waals surface area (Å²) in [6.45, 7) is 6.21. The highest BCUT2D eigenvalue weighted by atomic mass is 19.1. The molecule has 4 nitrogen and oxygen atoms in total. The number of carbonyl (C=O) groups excluding carboxylic acids is 1. The van der Waals surface area contributed by atoms with E-state index in [0.29, 0.717) is 30.0 Å². The number of rotatable bonds is 8. The lowest BCUT2D eigenvalue weighted by Gasteiger charge is -2.16. The fourth-order valence-corrected chi connectivity index (χ4v) is 2.39. The minimum atomic E-state index is -0.396. The third kappa shape index (κ3) is 4.95. The van der Waals surface area contributed by atoms with Crippen molar-refractivity contribution in [3.8, 4) is 11.5 Å². The van der Waals surface area contributed by atoms with Crippen molar-refractivity contribution < 1.29 is 18.7 Å². The smallest absolute Gasteiger partial charge is 0.224 e. The van der Waals surface area contributed by atoms with Gasteiger partial charge >= 0.3 is 0 Å². The highest BCUT2D eigenvalue weighted by molar-refractivity contribution is 5.91. The second kappa shape index (κ2) is 9.06. The Hall–Kier alpha value is -2.56. The Bertz CT molecular complexity index is 731. The van der Waals surface area contributed by atoms with Gasteiger partial charge in [-0.3, -0.25) is 4.79 Å². The molecule has 134 valence electrons. The number of aryl methyl sites for hydroxylation is 1. The van der Waals surface area contributed by atoms with Gasteiger partial charge in [0.15, 0.2) is 11.6 Å². The number of nitrogens with one attached hydrogen (secondary N) is 1. The lowest BCUT2D eigenvalue weighted by molar-refractivity contribution is -0.115. The second-order valence-corrected chi connectivity index (χ2v) is 5.52. The fraction of sp³-hybridized carbons (Fsp3) is 0.350. The van der Waals surface area contributed by atoms with Gasteiger partial charge < -0.3 is 14.8 Å². The Balaban J connectivity index is 2.25. The van der Waals surface area contributed by atoms with Crippen molar-refractivity contribution in [3.63, 3.8) is 0 Å². The quantitative estimate of drug-likeness (QED) is 0.753. The van der Waals surface area contributed by atoms with E-state index in [-0.39, 0.29) is 18.3 Å². The van der Waals surface area contributed by atoms with Crippen LogP contribution >= 0.6 is 0 Å². The molecule has 0 spiro atoms. The Morgan fingerprint density at radius 3 is 2.52 bits per heavy atom. The molecule has 0 aliphatic rings. The van der Waals surface area contributed by atoms with Gasteiger partial charge in [0.05, 0.1) is 17.9 Å². The number of ether oxygens (including phenoxy) is 2. The maximum Gasteiger partial charge on any atom is 0.224 e. The normalized spacial score (nSPS) is 10.4. The molecule has 1 amide bonds. The minimum absolute atomic E-state index is 0.0951. The highest BCUT2D eigenvalue weighted by Crippen LogP contribution is 2.29. The third-order valence-electron chi connectivity index (χ3n) is 3.80. The Kier molecular flexibility index (Phi) is 6.81. The molecule has 0 aliphatic carbocycles. The third-order valence-corrected chi connectivity index (χ3v) is 3.80. The molecule has 0 atom stereocenters. The summed E-state index contributed by atoms with van der Waals surface area (Å²) in [6, 6.07) is 10.3. The van der Waals surface area contributed by atoms with Crippen molar-refractivity contribution in [2.45, 2.75) is 40.2 Å². The van der Waals surface area contributed by atoms with Crippen LogP contribution in [0.25, 0.3) is 0 Å². The number of hydrogen-bond donors (Lipinski definition) is 1. The van der Waals surface area contributed by atoms with E-state index in [2.05, 4.69) is 5.32 Å². The first-order valence-electron chi connectivity index (χ1n) is 8.54. The monoisotopic (exact) mass is 345 g/mol. The topological polar surface area (TPSA) is 47.6 Å². The summed E-state index contributed by atoms with van der Waals surface area (Å²) >= 11 is 0. The predicted octanol–water partition coefficient (Wildman–Crippen LogP) is 4.71. The van der Waals surface area contributed by atoms with Crippen LogP contribution in [-0.4, -0.2) is 12.5 Å². The molecule has 2 aromatic carbocycles. The lowest BCUT2D eigenvalue weighted by atomic mass is 10.1. The van der Waals surface area contributed by atoms with Gasteiger partial charge in [-0.15, -0.1) is 0 Å². The minimum Gasteiger partial charge on any atom is -0.493 e. The molecule has 0 aromatic heterocycles. The summed E-state index contributed by atoms with van der Waals surface area (Å²) in [6.07, 6.45) is 1.13. The van der Waals surface area contributed by atoms with Gasteiger partial charge in [-0.25, -0.2) is 4.39 Å². The molecule has 2 aromatic rings. The number of carbonyl (C=O) groups is 1. The molecule has 0 radical (unpaired) electrons. The van der Waals surface area contributed by atoms with Crippen molar-refractivity contribution >= 4 is 11.6 Å². The van der Waals surface area contributed by atoms with E-state index in [1.54, 1.807) is 31.2 Å². The van der Waals surface area contributed by atoms with Crippen molar-refractivity contribution in [2.75, 3.05) is 11.9 Å². The van der Waals surface area contributed by atoms with Gasteiger partial charge in [-0.1, -0.05) is 26.0 Å². The van der Waals surface area contributed by atoms with Gasteiger partial charge in [0.2, 0.25) is 5.91 Å². The molecule has 0 bridgehead atoms. The molecule has 0 aliphatic heterocycles. The summed E-state index contributed by atoms with van der Waals surface area (Å²) in [7, 11) is 0. The number of halogens is 1. The Morgan fingerprint density at radius 1 is 1.08 bits per heavy atom. The van der Waals surface area contributed by atoms with Crippen molar-refractivity contribution in [2.24, 2.45) is 0 Å². The molecule has 0 saturated carbocycles. The van der Waals surface area contributed by atoms with Crippen LogP contribution in [-0.2, 0) is 17.8 Å². The average Bonchev–Trinajstić information content (AvgIpc) is 2.62. The van der Waals surface area contributed by atoms with E-state index >= 15 is 0 Å². The fourth-order valence-electron chi connectivity index (χ4n) is 2.39. The van der Waals surface area contributed by atoms with Crippen molar-refractivity contribution in [1.29, 1.82) is 0 Å².